The van der Waals surface area contributed by atoms with E-state index in [1.165, 1.54) is 5.56 Å². The zero-order chi connectivity index (χ0) is 21.7. The van der Waals surface area contributed by atoms with Crippen molar-refractivity contribution in [1.29, 1.82) is 5.41 Å². The van der Waals surface area contributed by atoms with E-state index in [4.69, 9.17) is 5.41 Å². The summed E-state index contributed by atoms with van der Waals surface area (Å²) < 4.78 is 0.964. The van der Waals surface area contributed by atoms with Gasteiger partial charge in [-0.2, -0.15) is 0 Å². The lowest BCUT2D eigenvalue weighted by atomic mass is 9.65. The number of quaternary nitrogens is 1. The third kappa shape index (κ3) is 4.28. The van der Waals surface area contributed by atoms with Crippen molar-refractivity contribution in [3.05, 3.63) is 108 Å². The molecule has 0 radical (unpaired) electrons. The zero-order valence-corrected chi connectivity index (χ0v) is 18.3. The Morgan fingerprint density at radius 1 is 0.903 bits per heavy atom. The van der Waals surface area contributed by atoms with E-state index in [1.54, 1.807) is 0 Å². The molecule has 0 saturated carbocycles. The smallest absolute Gasteiger partial charge is 0.0830 e. The first-order valence-corrected chi connectivity index (χ1v) is 11.3. The highest BCUT2D eigenvalue weighted by atomic mass is 16.3. The SMILES string of the molecule is C[N+]1(CCCc2ccccc2)CCC(C(C(=N)[O-])(c2ccccc2)c2ccccc2)C1. The van der Waals surface area contributed by atoms with Gasteiger partial charge in [0.25, 0.3) is 0 Å². The van der Waals surface area contributed by atoms with Crippen molar-refractivity contribution >= 4 is 5.90 Å². The average molecular weight is 413 g/mol. The average Bonchev–Trinajstić information content (AvgIpc) is 3.18. The molecule has 3 nitrogen and oxygen atoms in total. The summed E-state index contributed by atoms with van der Waals surface area (Å²) in [7, 11) is 2.32. The first kappa shape index (κ1) is 21.3. The summed E-state index contributed by atoms with van der Waals surface area (Å²) in [6.07, 6.45) is 3.17. The molecule has 2 atom stereocenters. The van der Waals surface area contributed by atoms with Crippen LogP contribution >= 0.6 is 0 Å². The fourth-order valence-corrected chi connectivity index (χ4v) is 5.54. The Balaban J connectivity index is 1.60. The van der Waals surface area contributed by atoms with Crippen molar-refractivity contribution in [1.82, 2.24) is 0 Å². The first-order valence-electron chi connectivity index (χ1n) is 11.3. The molecule has 3 aromatic rings. The lowest BCUT2D eigenvalue weighted by molar-refractivity contribution is -0.899. The van der Waals surface area contributed by atoms with E-state index in [0.29, 0.717) is 0 Å². The fourth-order valence-electron chi connectivity index (χ4n) is 5.54. The second-order valence-electron chi connectivity index (χ2n) is 9.19. The van der Waals surface area contributed by atoms with Crippen LogP contribution in [0.2, 0.25) is 0 Å². The Hall–Kier alpha value is -2.91. The van der Waals surface area contributed by atoms with E-state index in [9.17, 15) is 5.11 Å². The summed E-state index contributed by atoms with van der Waals surface area (Å²) in [5.41, 5.74) is 2.37. The van der Waals surface area contributed by atoms with Crippen LogP contribution in [0.15, 0.2) is 91.0 Å². The zero-order valence-electron chi connectivity index (χ0n) is 18.3. The summed E-state index contributed by atoms with van der Waals surface area (Å²) in [4.78, 5) is 0. The molecule has 0 bridgehead atoms. The molecule has 4 rings (SSSR count). The van der Waals surface area contributed by atoms with Gasteiger partial charge in [-0.05, 0) is 29.0 Å². The summed E-state index contributed by atoms with van der Waals surface area (Å²) in [5.74, 6) is -0.378. The molecule has 160 valence electrons. The third-order valence-corrected chi connectivity index (χ3v) is 7.11. The second kappa shape index (κ2) is 9.07. The van der Waals surface area contributed by atoms with E-state index in [0.717, 1.165) is 54.5 Å². The Labute approximate surface area is 186 Å². The minimum Gasteiger partial charge on any atom is -0.861 e. The van der Waals surface area contributed by atoms with E-state index in [1.807, 2.05) is 60.7 Å². The van der Waals surface area contributed by atoms with Crippen molar-refractivity contribution in [2.24, 2.45) is 5.92 Å². The van der Waals surface area contributed by atoms with Crippen LogP contribution in [0.4, 0.5) is 0 Å². The highest BCUT2D eigenvalue weighted by molar-refractivity contribution is 5.87. The van der Waals surface area contributed by atoms with Gasteiger partial charge in [-0.25, -0.2) is 0 Å². The lowest BCUT2D eigenvalue weighted by Gasteiger charge is -2.43. The van der Waals surface area contributed by atoms with Gasteiger partial charge in [0, 0.05) is 18.8 Å². The molecule has 1 saturated heterocycles. The molecule has 1 N–H and O–H groups in total. The first-order chi connectivity index (χ1) is 15.0. The fraction of sp³-hybridized carbons (Fsp3) is 0.321. The standard InChI is InChI=1S/C28H32N2O/c1-30(20-11-14-23-12-5-2-6-13-23)21-19-26(22-30)28(27(29)31,24-15-7-3-8-16-24)25-17-9-4-10-18-25/h2-10,12-13,15-18,26H,11,14,19-22H2,1H3,(H-,29,31). The maximum Gasteiger partial charge on any atom is 0.0830 e. The number of nitrogens with zero attached hydrogens (tertiary/aromatic N) is 1. The van der Waals surface area contributed by atoms with Gasteiger partial charge in [0.15, 0.2) is 0 Å². The highest BCUT2D eigenvalue weighted by Crippen LogP contribution is 2.45. The van der Waals surface area contributed by atoms with E-state index < -0.39 is 11.3 Å². The molecule has 2 unspecified atom stereocenters. The molecular formula is C28H32N2O. The predicted molar refractivity (Wildman–Crippen MR) is 125 cm³/mol. The quantitative estimate of drug-likeness (QED) is 0.332. The number of nitrogens with one attached hydrogen (secondary N) is 1. The number of benzene rings is 3. The normalized spacial score (nSPS) is 21.1. The van der Waals surface area contributed by atoms with E-state index >= 15 is 0 Å². The van der Waals surface area contributed by atoms with Gasteiger partial charge in [-0.3, -0.25) is 0 Å². The molecule has 3 aromatic carbocycles. The molecule has 0 aliphatic carbocycles. The molecule has 3 heteroatoms. The number of hydrogen-bond donors (Lipinski definition) is 1. The van der Waals surface area contributed by atoms with Crippen LogP contribution in [0.5, 0.6) is 0 Å². The summed E-state index contributed by atoms with van der Waals surface area (Å²) in [6.45, 7) is 3.06. The molecule has 0 aromatic heterocycles. The van der Waals surface area contributed by atoms with Gasteiger partial charge >= 0.3 is 0 Å². The van der Waals surface area contributed by atoms with E-state index in [-0.39, 0.29) is 5.92 Å². The second-order valence-corrected chi connectivity index (χ2v) is 9.19. The number of likely N-dealkylation sites (tertiary alicyclic amines) is 1. The van der Waals surface area contributed by atoms with Gasteiger partial charge < -0.3 is 15.0 Å². The van der Waals surface area contributed by atoms with Crippen LogP contribution in [-0.4, -0.2) is 37.1 Å². The van der Waals surface area contributed by atoms with Crippen LogP contribution in [0.1, 0.15) is 29.5 Å². The van der Waals surface area contributed by atoms with Crippen LogP contribution in [0.3, 0.4) is 0 Å². The van der Waals surface area contributed by atoms with Gasteiger partial charge in [-0.15, -0.1) is 0 Å². The summed E-state index contributed by atoms with van der Waals surface area (Å²) in [5, 5.41) is 21.6. The monoisotopic (exact) mass is 412 g/mol. The number of aryl methyl sites for hydroxylation is 1. The Bertz CT molecular complexity index is 948. The minimum atomic E-state index is -0.905. The summed E-state index contributed by atoms with van der Waals surface area (Å²) >= 11 is 0. The number of rotatable bonds is 8. The van der Waals surface area contributed by atoms with Crippen LogP contribution < -0.4 is 5.11 Å². The maximum absolute atomic E-state index is 13.1. The molecular weight excluding hydrogens is 380 g/mol. The Morgan fingerprint density at radius 2 is 1.42 bits per heavy atom. The topological polar surface area (TPSA) is 46.9 Å². The largest absolute Gasteiger partial charge is 0.861 e. The molecule has 1 aliphatic rings. The Morgan fingerprint density at radius 3 is 1.94 bits per heavy atom. The van der Waals surface area contributed by atoms with Crippen molar-refractivity contribution in [2.75, 3.05) is 26.7 Å². The van der Waals surface area contributed by atoms with Gasteiger partial charge in [0.1, 0.15) is 0 Å². The molecule has 31 heavy (non-hydrogen) atoms. The maximum atomic E-state index is 13.1. The molecule has 1 aliphatic heterocycles. The van der Waals surface area contributed by atoms with Crippen molar-refractivity contribution < 1.29 is 9.59 Å². The van der Waals surface area contributed by atoms with Crippen LogP contribution in [0, 0.1) is 11.3 Å². The summed E-state index contributed by atoms with van der Waals surface area (Å²) in [6, 6.07) is 30.7. The van der Waals surface area contributed by atoms with Crippen molar-refractivity contribution in [3.8, 4) is 0 Å². The third-order valence-electron chi connectivity index (χ3n) is 7.11. The van der Waals surface area contributed by atoms with Gasteiger partial charge in [-0.1, -0.05) is 91.0 Å². The van der Waals surface area contributed by atoms with Crippen LogP contribution in [-0.2, 0) is 11.8 Å². The van der Waals surface area contributed by atoms with Crippen molar-refractivity contribution in [3.63, 3.8) is 0 Å². The Kier molecular flexibility index (Phi) is 6.24. The molecule has 1 heterocycles. The van der Waals surface area contributed by atoms with Gasteiger partial charge in [0.2, 0.25) is 0 Å². The van der Waals surface area contributed by atoms with Crippen molar-refractivity contribution in [2.45, 2.75) is 24.7 Å². The minimum absolute atomic E-state index is 0.115. The van der Waals surface area contributed by atoms with Crippen LogP contribution in [0.25, 0.3) is 0 Å². The molecule has 1 fully saturated rings. The molecule has 0 spiro atoms. The van der Waals surface area contributed by atoms with Gasteiger partial charge in [0.05, 0.1) is 32.1 Å². The lowest BCUT2D eigenvalue weighted by Crippen LogP contribution is -2.52. The highest BCUT2D eigenvalue weighted by Gasteiger charge is 2.49. The predicted octanol–water partition coefficient (Wildman–Crippen LogP) is 4.41. The molecule has 0 amide bonds. The van der Waals surface area contributed by atoms with E-state index in [2.05, 4.69) is 37.4 Å². The number of hydrogen-bond acceptors (Lipinski definition) is 2.